The summed E-state index contributed by atoms with van der Waals surface area (Å²) in [5.74, 6) is -4.23. The summed E-state index contributed by atoms with van der Waals surface area (Å²) >= 11 is 8.72. The zero-order valence-electron chi connectivity index (χ0n) is 12.6. The number of hydrogen-bond donors (Lipinski definition) is 1. The minimum atomic E-state index is -2.33. The van der Waals surface area contributed by atoms with E-state index in [0.717, 1.165) is 12.5 Å². The van der Waals surface area contributed by atoms with Gasteiger partial charge in [-0.1, -0.05) is 11.6 Å². The number of halogens is 2. The lowest BCUT2D eigenvalue weighted by Gasteiger charge is -2.31. The van der Waals surface area contributed by atoms with Gasteiger partial charge in [0.05, 0.1) is 12.0 Å². The molecule has 0 aromatic rings. The first kappa shape index (κ1) is 19.8. The summed E-state index contributed by atoms with van der Waals surface area (Å²) < 4.78 is 17.2. The van der Waals surface area contributed by atoms with Gasteiger partial charge in [-0.05, 0) is 11.6 Å². The molecule has 2 saturated heterocycles. The van der Waals surface area contributed by atoms with Crippen molar-refractivity contribution >= 4 is 58.3 Å². The highest BCUT2D eigenvalue weighted by Crippen LogP contribution is 2.36. The molecule has 2 rings (SSSR count). The Kier molecular flexibility index (Phi) is 5.84. The Bertz CT molecular complexity index is 659. The van der Waals surface area contributed by atoms with Crippen LogP contribution in [0.3, 0.4) is 0 Å². The van der Waals surface area contributed by atoms with Gasteiger partial charge in [-0.25, -0.2) is 4.79 Å². The third-order valence-corrected chi connectivity index (χ3v) is 5.77. The molecule has 2 heterocycles. The predicted molar refractivity (Wildman–Crippen MR) is 82.7 cm³/mol. The Morgan fingerprint density at radius 3 is 2.60 bits per heavy atom. The number of hydroxylamine groups is 2. The van der Waals surface area contributed by atoms with Crippen molar-refractivity contribution in [1.29, 1.82) is 0 Å². The second-order valence-corrected chi connectivity index (χ2v) is 7.20. The van der Waals surface area contributed by atoms with E-state index in [4.69, 9.17) is 32.8 Å². The maximum absolute atomic E-state index is 12.6. The van der Waals surface area contributed by atoms with Gasteiger partial charge in [-0.2, -0.15) is 5.06 Å². The van der Waals surface area contributed by atoms with Crippen LogP contribution in [-0.4, -0.2) is 61.2 Å². The molecule has 2 aliphatic rings. The molecule has 25 heavy (non-hydrogen) atoms. The molecule has 0 spiro atoms. The van der Waals surface area contributed by atoms with E-state index in [9.17, 15) is 28.8 Å². The first-order valence-corrected chi connectivity index (χ1v) is 8.67. The predicted octanol–water partition coefficient (Wildman–Crippen LogP) is 0.0354. The van der Waals surface area contributed by atoms with Gasteiger partial charge in [0.25, 0.3) is 16.2 Å². The van der Waals surface area contributed by atoms with Gasteiger partial charge >= 0.3 is 17.7 Å². The Balaban J connectivity index is 2.32. The monoisotopic (exact) mass is 414 g/mol. The number of esters is 1. The number of amides is 2. The quantitative estimate of drug-likeness (QED) is 0.491. The van der Waals surface area contributed by atoms with Gasteiger partial charge in [0.2, 0.25) is 0 Å². The van der Waals surface area contributed by atoms with Crippen LogP contribution in [0.5, 0.6) is 0 Å². The zero-order chi connectivity index (χ0) is 18.9. The first-order valence-electron chi connectivity index (χ1n) is 6.75. The van der Waals surface area contributed by atoms with Crippen molar-refractivity contribution in [1.82, 2.24) is 9.37 Å². The van der Waals surface area contributed by atoms with E-state index in [1.807, 2.05) is 0 Å². The van der Waals surface area contributed by atoms with Gasteiger partial charge in [0, 0.05) is 13.3 Å². The number of aliphatic carboxylic acids is 1. The highest BCUT2D eigenvalue weighted by atomic mass is 35.5. The summed E-state index contributed by atoms with van der Waals surface area (Å²) in [4.78, 5) is 52.4. The molecule has 0 saturated carbocycles. The van der Waals surface area contributed by atoms with Crippen molar-refractivity contribution in [2.45, 2.75) is 31.5 Å². The fourth-order valence-corrected chi connectivity index (χ4v) is 3.72. The van der Waals surface area contributed by atoms with E-state index in [2.05, 4.69) is 0 Å². The van der Waals surface area contributed by atoms with E-state index in [-0.39, 0.29) is 12.8 Å². The summed E-state index contributed by atoms with van der Waals surface area (Å²) in [5, 5.41) is 9.78. The number of ether oxygens (including phenoxy) is 1. The normalized spacial score (nSPS) is 28.1. The van der Waals surface area contributed by atoms with Crippen molar-refractivity contribution in [2.75, 3.05) is 6.61 Å². The van der Waals surface area contributed by atoms with E-state index < -0.39 is 57.9 Å². The van der Waals surface area contributed by atoms with Crippen molar-refractivity contribution in [2.24, 2.45) is 0 Å². The number of carboxylic acid groups (broad SMARTS) is 1. The molecule has 2 fully saturated rings. The molecule has 3 atom stereocenters. The molecular weight excluding hydrogens is 403 g/mol. The molecular formula is C12H12Cl2N2O8S. The van der Waals surface area contributed by atoms with Crippen LogP contribution < -0.4 is 0 Å². The molecule has 0 radical (unpaired) electrons. The van der Waals surface area contributed by atoms with Crippen LogP contribution in [0.15, 0.2) is 9.90 Å². The van der Waals surface area contributed by atoms with Crippen molar-refractivity contribution in [3.63, 3.8) is 0 Å². The molecule has 2 unspecified atom stereocenters. The summed E-state index contributed by atoms with van der Waals surface area (Å²) in [6.07, 6.45) is -0.557. The number of nitrogens with zero attached hydrogens (tertiary/aromatic N) is 2. The van der Waals surface area contributed by atoms with E-state index in [1.165, 1.54) is 0 Å². The van der Waals surface area contributed by atoms with Crippen LogP contribution in [0.2, 0.25) is 0 Å². The topological polar surface area (TPSA) is 137 Å². The minimum absolute atomic E-state index is 0.229. The SMILES string of the molecule is CC(=O)N([C@H]1CON(C2(C(=O)O)CCC(=O)O2)C1=O)[S+]([O-])C(Cl)=CCl. The third kappa shape index (κ3) is 3.42. The second-order valence-electron chi connectivity index (χ2n) is 5.01. The minimum Gasteiger partial charge on any atom is -0.587 e. The molecule has 1 N–H and O–H groups in total. The van der Waals surface area contributed by atoms with E-state index in [1.54, 1.807) is 0 Å². The van der Waals surface area contributed by atoms with Crippen molar-refractivity contribution in [3.05, 3.63) is 9.90 Å². The lowest BCUT2D eigenvalue weighted by Crippen LogP contribution is -2.57. The van der Waals surface area contributed by atoms with Gasteiger partial charge < -0.3 is 14.4 Å². The zero-order valence-corrected chi connectivity index (χ0v) is 15.0. The Hall–Kier alpha value is -1.53. The molecule has 0 bridgehead atoms. The number of carboxylic acids is 1. The molecule has 0 aromatic heterocycles. The molecule has 138 valence electrons. The number of carbonyl (C=O) groups excluding carboxylic acids is 3. The van der Waals surface area contributed by atoms with Gasteiger partial charge in [-0.15, -0.1) is 4.31 Å². The Morgan fingerprint density at radius 2 is 2.16 bits per heavy atom. The molecule has 13 heteroatoms. The maximum atomic E-state index is 12.6. The lowest BCUT2D eigenvalue weighted by molar-refractivity contribution is -0.256. The van der Waals surface area contributed by atoms with Crippen LogP contribution in [-0.2, 0) is 40.1 Å². The molecule has 2 amide bonds. The molecule has 2 aliphatic heterocycles. The largest absolute Gasteiger partial charge is 0.587 e. The molecule has 0 aliphatic carbocycles. The van der Waals surface area contributed by atoms with E-state index in [0.29, 0.717) is 9.37 Å². The maximum Gasteiger partial charge on any atom is 0.372 e. The van der Waals surface area contributed by atoms with Crippen molar-refractivity contribution < 1.29 is 38.4 Å². The summed E-state index contributed by atoms with van der Waals surface area (Å²) in [6, 6.07) is -1.43. The lowest BCUT2D eigenvalue weighted by atomic mass is 10.1. The van der Waals surface area contributed by atoms with Crippen LogP contribution in [0.1, 0.15) is 19.8 Å². The fraction of sp³-hybridized carbons (Fsp3) is 0.500. The number of cyclic esters (lactones) is 1. The van der Waals surface area contributed by atoms with Gasteiger partial charge in [0.1, 0.15) is 18.0 Å². The number of hydrogen-bond acceptors (Lipinski definition) is 7. The average Bonchev–Trinajstić information content (AvgIpc) is 3.11. The number of carbonyl (C=O) groups is 4. The van der Waals surface area contributed by atoms with Crippen LogP contribution in [0, 0.1) is 0 Å². The first-order chi connectivity index (χ1) is 11.7. The van der Waals surface area contributed by atoms with Gasteiger partial charge in [-0.3, -0.25) is 19.2 Å². The third-order valence-electron chi connectivity index (χ3n) is 3.48. The van der Waals surface area contributed by atoms with E-state index >= 15 is 0 Å². The smallest absolute Gasteiger partial charge is 0.372 e. The standard InChI is InChI=1S/C12H12Cl2N2O8S/c1-6(17)15(25(22)8(14)4-13)7-5-23-16(10(7)19)12(11(20)21)3-2-9(18)24-12/h4,7H,2-3,5H2,1H3,(H,20,21)/t7-,12?,25?/m0/s1. The van der Waals surface area contributed by atoms with Crippen LogP contribution >= 0.6 is 23.2 Å². The van der Waals surface area contributed by atoms with Crippen molar-refractivity contribution in [3.8, 4) is 0 Å². The van der Waals surface area contributed by atoms with Gasteiger partial charge in [0.15, 0.2) is 6.04 Å². The second kappa shape index (κ2) is 7.38. The molecule has 10 nitrogen and oxygen atoms in total. The van der Waals surface area contributed by atoms with Crippen LogP contribution in [0.4, 0.5) is 0 Å². The summed E-state index contributed by atoms with van der Waals surface area (Å²) in [5.41, 5.74) is -1.57. The number of rotatable bonds is 5. The average molecular weight is 415 g/mol. The highest BCUT2D eigenvalue weighted by Gasteiger charge is 2.61. The van der Waals surface area contributed by atoms with Crippen LogP contribution in [0.25, 0.3) is 0 Å². The highest BCUT2D eigenvalue weighted by molar-refractivity contribution is 7.95. The fourth-order valence-electron chi connectivity index (χ4n) is 2.39. The summed E-state index contributed by atoms with van der Waals surface area (Å²) in [6.45, 7) is 0.540. The Labute approximate surface area is 154 Å². The molecule has 0 aromatic carbocycles. The summed E-state index contributed by atoms with van der Waals surface area (Å²) in [7, 11) is 0. The Morgan fingerprint density at radius 1 is 1.52 bits per heavy atom.